The average molecular weight is 175 g/mol. The molecule has 0 N–H and O–H groups in total. The van der Waals surface area contributed by atoms with E-state index in [0.29, 0.717) is 0 Å². The van der Waals surface area contributed by atoms with Crippen LogP contribution in [0.5, 0.6) is 0 Å². The third kappa shape index (κ3) is 6.53. The van der Waals surface area contributed by atoms with Crippen molar-refractivity contribution in [1.82, 2.24) is 4.90 Å². The molecule has 2 nitrogen and oxygen atoms in total. The molecule has 0 heterocycles. The van der Waals surface area contributed by atoms with Gasteiger partial charge in [-0.1, -0.05) is 0 Å². The summed E-state index contributed by atoms with van der Waals surface area (Å²) in [6.45, 7) is 8.65. The van der Waals surface area contributed by atoms with Crippen molar-refractivity contribution in [3.05, 3.63) is 0 Å². The Morgan fingerprint density at radius 3 is 2.18 bits per heavy atom. The van der Waals surface area contributed by atoms with Crippen molar-refractivity contribution in [3.63, 3.8) is 0 Å². The number of hydrogen-bond acceptors (Lipinski definition) is 2. The van der Waals surface area contributed by atoms with Crippen molar-refractivity contribution < 1.29 is 4.43 Å². The van der Waals surface area contributed by atoms with Gasteiger partial charge in [-0.3, -0.25) is 0 Å². The van der Waals surface area contributed by atoms with Crippen molar-refractivity contribution in [1.29, 1.82) is 0 Å². The molecule has 3 heteroatoms. The average Bonchev–Trinajstić information content (AvgIpc) is 1.84. The van der Waals surface area contributed by atoms with E-state index in [0.717, 1.165) is 13.2 Å². The number of nitrogens with zero attached hydrogens (tertiary/aromatic N) is 1. The SMILES string of the molecule is CCO[Si](C)(C)CCN(C)C. The lowest BCUT2D eigenvalue weighted by molar-refractivity contribution is 0.321. The smallest absolute Gasteiger partial charge is 0.187 e. The van der Waals surface area contributed by atoms with Crippen molar-refractivity contribution in [2.75, 3.05) is 27.2 Å². The third-order valence-corrected chi connectivity index (χ3v) is 4.19. The molecular weight excluding hydrogens is 154 g/mol. The van der Waals surface area contributed by atoms with Crippen LogP contribution in [0.1, 0.15) is 6.92 Å². The fourth-order valence-electron chi connectivity index (χ4n) is 0.956. The highest BCUT2D eigenvalue weighted by Gasteiger charge is 2.20. The van der Waals surface area contributed by atoms with Crippen LogP contribution in [0.4, 0.5) is 0 Å². The molecule has 0 saturated heterocycles. The summed E-state index contributed by atoms with van der Waals surface area (Å²) in [5.74, 6) is 0. The molecule has 0 atom stereocenters. The maximum absolute atomic E-state index is 5.69. The zero-order valence-electron chi connectivity index (χ0n) is 8.48. The van der Waals surface area contributed by atoms with Gasteiger partial charge in [-0.15, -0.1) is 0 Å². The highest BCUT2D eigenvalue weighted by Crippen LogP contribution is 2.10. The van der Waals surface area contributed by atoms with Crippen LogP contribution >= 0.6 is 0 Å². The Balaban J connectivity index is 3.54. The Hall–Kier alpha value is 0.137. The van der Waals surface area contributed by atoms with Gasteiger partial charge in [0.2, 0.25) is 0 Å². The Morgan fingerprint density at radius 2 is 1.82 bits per heavy atom. The van der Waals surface area contributed by atoms with Crippen LogP contribution in [-0.2, 0) is 4.43 Å². The minimum atomic E-state index is -1.31. The van der Waals surface area contributed by atoms with Crippen molar-refractivity contribution in [2.24, 2.45) is 0 Å². The fraction of sp³-hybridized carbons (Fsp3) is 1.00. The topological polar surface area (TPSA) is 12.5 Å². The monoisotopic (exact) mass is 175 g/mol. The molecule has 0 fully saturated rings. The first-order valence-corrected chi connectivity index (χ1v) is 7.38. The standard InChI is InChI=1S/C8H21NOSi/c1-6-10-11(4,5)8-7-9(2)3/h6-8H2,1-5H3. The van der Waals surface area contributed by atoms with Crippen LogP contribution in [0.25, 0.3) is 0 Å². The van der Waals surface area contributed by atoms with Crippen LogP contribution in [0.15, 0.2) is 0 Å². The summed E-state index contributed by atoms with van der Waals surface area (Å²) in [4.78, 5) is 2.22. The van der Waals surface area contributed by atoms with Crippen LogP contribution in [0.2, 0.25) is 19.1 Å². The van der Waals surface area contributed by atoms with Crippen LogP contribution < -0.4 is 0 Å². The predicted molar refractivity (Wildman–Crippen MR) is 52.5 cm³/mol. The van der Waals surface area contributed by atoms with Gasteiger partial charge < -0.3 is 9.33 Å². The zero-order valence-corrected chi connectivity index (χ0v) is 9.48. The molecule has 11 heavy (non-hydrogen) atoms. The van der Waals surface area contributed by atoms with E-state index in [1.54, 1.807) is 0 Å². The summed E-state index contributed by atoms with van der Waals surface area (Å²) in [6, 6.07) is 1.23. The summed E-state index contributed by atoms with van der Waals surface area (Å²) in [7, 11) is 2.91. The second kappa shape index (κ2) is 4.90. The first-order chi connectivity index (χ1) is 4.98. The first-order valence-electron chi connectivity index (χ1n) is 4.26. The Bertz CT molecular complexity index is 104. The molecule has 0 spiro atoms. The summed E-state index contributed by atoms with van der Waals surface area (Å²) < 4.78 is 5.69. The van der Waals surface area contributed by atoms with Gasteiger partial charge in [0.25, 0.3) is 0 Å². The molecule has 0 radical (unpaired) electrons. The summed E-state index contributed by atoms with van der Waals surface area (Å²) in [6.07, 6.45) is 0. The molecule has 0 aliphatic rings. The van der Waals surface area contributed by atoms with E-state index < -0.39 is 8.32 Å². The Labute approximate surface area is 71.7 Å². The molecule has 68 valence electrons. The quantitative estimate of drug-likeness (QED) is 0.591. The number of rotatable bonds is 5. The molecule has 0 unspecified atom stereocenters. The minimum absolute atomic E-state index is 0.868. The van der Waals surface area contributed by atoms with E-state index in [2.05, 4.69) is 39.0 Å². The minimum Gasteiger partial charge on any atom is -0.418 e. The number of hydrogen-bond donors (Lipinski definition) is 0. The normalized spacial score (nSPS) is 12.5. The highest BCUT2D eigenvalue weighted by atomic mass is 28.4. The molecule has 0 aromatic rings. The highest BCUT2D eigenvalue weighted by molar-refractivity contribution is 6.71. The van der Waals surface area contributed by atoms with E-state index in [9.17, 15) is 0 Å². The largest absolute Gasteiger partial charge is 0.418 e. The van der Waals surface area contributed by atoms with Gasteiger partial charge in [0, 0.05) is 6.61 Å². The zero-order chi connectivity index (χ0) is 8.91. The summed E-state index contributed by atoms with van der Waals surface area (Å²) in [5, 5.41) is 0. The lowest BCUT2D eigenvalue weighted by atomic mass is 10.7. The maximum Gasteiger partial charge on any atom is 0.187 e. The Kier molecular flexibility index (Phi) is 4.96. The van der Waals surface area contributed by atoms with Gasteiger partial charge in [-0.2, -0.15) is 0 Å². The van der Waals surface area contributed by atoms with Gasteiger partial charge in [0.1, 0.15) is 0 Å². The van der Waals surface area contributed by atoms with E-state index >= 15 is 0 Å². The first kappa shape index (κ1) is 11.1. The third-order valence-electron chi connectivity index (χ3n) is 1.70. The predicted octanol–water partition coefficient (Wildman–Crippen LogP) is 1.79. The van der Waals surface area contributed by atoms with Crippen molar-refractivity contribution >= 4 is 8.32 Å². The summed E-state index contributed by atoms with van der Waals surface area (Å²) >= 11 is 0. The lowest BCUT2D eigenvalue weighted by Gasteiger charge is -2.23. The van der Waals surface area contributed by atoms with Crippen LogP contribution in [-0.4, -0.2) is 40.5 Å². The van der Waals surface area contributed by atoms with Gasteiger partial charge in [0.15, 0.2) is 8.32 Å². The van der Waals surface area contributed by atoms with Gasteiger partial charge >= 0.3 is 0 Å². The Morgan fingerprint density at radius 1 is 1.27 bits per heavy atom. The molecule has 0 amide bonds. The van der Waals surface area contributed by atoms with Crippen LogP contribution in [0, 0.1) is 0 Å². The van der Waals surface area contributed by atoms with Gasteiger partial charge in [-0.25, -0.2) is 0 Å². The molecule has 0 aliphatic heterocycles. The van der Waals surface area contributed by atoms with E-state index in [1.807, 2.05) is 0 Å². The fourth-order valence-corrected chi connectivity index (χ4v) is 2.87. The second-order valence-electron chi connectivity index (χ2n) is 3.75. The molecule has 0 aromatic carbocycles. The summed E-state index contributed by atoms with van der Waals surface area (Å²) in [5.41, 5.74) is 0. The van der Waals surface area contributed by atoms with Gasteiger partial charge in [-0.05, 0) is 46.7 Å². The van der Waals surface area contributed by atoms with Crippen molar-refractivity contribution in [2.45, 2.75) is 26.1 Å². The maximum atomic E-state index is 5.69. The molecule has 0 rings (SSSR count). The van der Waals surface area contributed by atoms with E-state index in [1.165, 1.54) is 6.04 Å². The molecule has 0 saturated carbocycles. The second-order valence-corrected chi connectivity index (χ2v) is 8.05. The molecule has 0 aromatic heterocycles. The van der Waals surface area contributed by atoms with E-state index in [-0.39, 0.29) is 0 Å². The van der Waals surface area contributed by atoms with E-state index in [4.69, 9.17) is 4.43 Å². The molecular formula is C8H21NOSi. The molecule has 0 aliphatic carbocycles. The van der Waals surface area contributed by atoms with Crippen molar-refractivity contribution in [3.8, 4) is 0 Å². The van der Waals surface area contributed by atoms with Gasteiger partial charge in [0.05, 0.1) is 0 Å². The molecule has 0 bridgehead atoms. The lowest BCUT2D eigenvalue weighted by Crippen LogP contribution is -2.34. The van der Waals surface area contributed by atoms with Crippen LogP contribution in [0.3, 0.4) is 0 Å².